The van der Waals surface area contributed by atoms with Gasteiger partial charge in [0, 0.05) is 12.0 Å². The SMILES string of the molecule is OCC[C@@]1(c2ccccc2)C=CC=CC1. The van der Waals surface area contributed by atoms with Crippen molar-refractivity contribution in [1.29, 1.82) is 0 Å². The van der Waals surface area contributed by atoms with Gasteiger partial charge in [-0.05, 0) is 18.4 Å². The Morgan fingerprint density at radius 2 is 1.93 bits per heavy atom. The zero-order chi connectivity index (χ0) is 10.6. The molecule has 0 bridgehead atoms. The number of hydrogen-bond acceptors (Lipinski definition) is 1. The molecule has 0 amide bonds. The van der Waals surface area contributed by atoms with Crippen LogP contribution >= 0.6 is 0 Å². The maximum atomic E-state index is 9.19. The van der Waals surface area contributed by atoms with Gasteiger partial charge in [0.15, 0.2) is 0 Å². The number of rotatable bonds is 3. The minimum Gasteiger partial charge on any atom is -0.396 e. The monoisotopic (exact) mass is 200 g/mol. The van der Waals surface area contributed by atoms with Crippen LogP contribution in [0.5, 0.6) is 0 Å². The Kier molecular flexibility index (Phi) is 3.02. The van der Waals surface area contributed by atoms with E-state index >= 15 is 0 Å². The van der Waals surface area contributed by atoms with Crippen LogP contribution in [0.25, 0.3) is 0 Å². The van der Waals surface area contributed by atoms with Crippen molar-refractivity contribution < 1.29 is 5.11 Å². The van der Waals surface area contributed by atoms with Gasteiger partial charge in [0.1, 0.15) is 0 Å². The van der Waals surface area contributed by atoms with Gasteiger partial charge in [0.25, 0.3) is 0 Å². The molecule has 1 aliphatic rings. The molecule has 1 atom stereocenters. The normalized spacial score (nSPS) is 24.3. The van der Waals surface area contributed by atoms with Crippen molar-refractivity contribution in [2.75, 3.05) is 6.61 Å². The molecule has 0 spiro atoms. The Morgan fingerprint density at radius 1 is 1.13 bits per heavy atom. The van der Waals surface area contributed by atoms with Crippen molar-refractivity contribution in [3.8, 4) is 0 Å². The summed E-state index contributed by atoms with van der Waals surface area (Å²) in [5.41, 5.74) is 1.30. The van der Waals surface area contributed by atoms with Gasteiger partial charge in [-0.2, -0.15) is 0 Å². The highest BCUT2D eigenvalue weighted by Crippen LogP contribution is 2.35. The molecule has 1 N–H and O–H groups in total. The molecule has 15 heavy (non-hydrogen) atoms. The number of aliphatic hydroxyl groups is 1. The highest BCUT2D eigenvalue weighted by molar-refractivity contribution is 5.35. The van der Waals surface area contributed by atoms with Gasteiger partial charge >= 0.3 is 0 Å². The smallest absolute Gasteiger partial charge is 0.0442 e. The van der Waals surface area contributed by atoms with Gasteiger partial charge in [0.05, 0.1) is 0 Å². The van der Waals surface area contributed by atoms with Crippen LogP contribution in [0.2, 0.25) is 0 Å². The van der Waals surface area contributed by atoms with E-state index in [1.54, 1.807) is 0 Å². The first-order valence-electron chi connectivity index (χ1n) is 5.38. The van der Waals surface area contributed by atoms with Gasteiger partial charge in [-0.1, -0.05) is 54.6 Å². The fraction of sp³-hybridized carbons (Fsp3) is 0.286. The molecule has 0 aliphatic heterocycles. The van der Waals surface area contributed by atoms with Crippen LogP contribution in [0, 0.1) is 0 Å². The first-order chi connectivity index (χ1) is 7.37. The van der Waals surface area contributed by atoms with E-state index in [9.17, 15) is 5.11 Å². The quantitative estimate of drug-likeness (QED) is 0.795. The summed E-state index contributed by atoms with van der Waals surface area (Å²) in [4.78, 5) is 0. The second kappa shape index (κ2) is 4.45. The molecular formula is C14H16O. The van der Waals surface area contributed by atoms with Gasteiger partial charge < -0.3 is 5.11 Å². The minimum atomic E-state index is 0.00472. The van der Waals surface area contributed by atoms with E-state index < -0.39 is 0 Å². The van der Waals surface area contributed by atoms with E-state index in [0.29, 0.717) is 0 Å². The number of aliphatic hydroxyl groups excluding tert-OH is 1. The first kappa shape index (κ1) is 10.2. The van der Waals surface area contributed by atoms with Crippen molar-refractivity contribution in [2.45, 2.75) is 18.3 Å². The average Bonchev–Trinajstić information content (AvgIpc) is 2.32. The minimum absolute atomic E-state index is 0.00472. The van der Waals surface area contributed by atoms with Crippen LogP contribution in [0.4, 0.5) is 0 Å². The second-order valence-corrected chi connectivity index (χ2v) is 3.99. The topological polar surface area (TPSA) is 20.2 Å². The average molecular weight is 200 g/mol. The molecule has 1 aromatic rings. The Hall–Kier alpha value is -1.34. The van der Waals surface area contributed by atoms with E-state index in [1.807, 2.05) is 6.07 Å². The Labute approximate surface area is 90.8 Å². The van der Waals surface area contributed by atoms with Crippen molar-refractivity contribution in [1.82, 2.24) is 0 Å². The van der Waals surface area contributed by atoms with Crippen LogP contribution < -0.4 is 0 Å². The Balaban J connectivity index is 2.35. The third-order valence-electron chi connectivity index (χ3n) is 3.05. The van der Waals surface area contributed by atoms with Crippen molar-refractivity contribution in [3.05, 3.63) is 60.2 Å². The van der Waals surface area contributed by atoms with Crippen LogP contribution in [0.3, 0.4) is 0 Å². The Bertz CT molecular complexity index is 364. The fourth-order valence-electron chi connectivity index (χ4n) is 2.18. The molecule has 2 rings (SSSR count). The Morgan fingerprint density at radius 3 is 2.53 bits per heavy atom. The molecule has 1 heteroatoms. The third kappa shape index (κ3) is 2.02. The van der Waals surface area contributed by atoms with E-state index in [4.69, 9.17) is 0 Å². The summed E-state index contributed by atoms with van der Waals surface area (Å²) in [5, 5.41) is 9.19. The molecule has 1 nitrogen and oxygen atoms in total. The van der Waals surface area contributed by atoms with Gasteiger partial charge in [-0.3, -0.25) is 0 Å². The van der Waals surface area contributed by atoms with Crippen LogP contribution in [-0.4, -0.2) is 11.7 Å². The van der Waals surface area contributed by atoms with E-state index in [1.165, 1.54) is 5.56 Å². The van der Waals surface area contributed by atoms with Gasteiger partial charge in [-0.25, -0.2) is 0 Å². The van der Waals surface area contributed by atoms with Crippen molar-refractivity contribution in [2.24, 2.45) is 0 Å². The number of benzene rings is 1. The zero-order valence-corrected chi connectivity index (χ0v) is 8.76. The molecule has 1 aliphatic carbocycles. The predicted molar refractivity (Wildman–Crippen MR) is 62.7 cm³/mol. The van der Waals surface area contributed by atoms with Gasteiger partial charge in [-0.15, -0.1) is 0 Å². The number of hydrogen-bond donors (Lipinski definition) is 1. The summed E-state index contributed by atoms with van der Waals surface area (Å²) in [6, 6.07) is 10.4. The molecule has 0 saturated heterocycles. The highest BCUT2D eigenvalue weighted by atomic mass is 16.3. The molecule has 0 saturated carbocycles. The van der Waals surface area contributed by atoms with E-state index in [-0.39, 0.29) is 12.0 Å². The lowest BCUT2D eigenvalue weighted by atomic mass is 9.73. The summed E-state index contributed by atoms with van der Waals surface area (Å²) in [6.07, 6.45) is 10.3. The van der Waals surface area contributed by atoms with E-state index in [0.717, 1.165) is 12.8 Å². The van der Waals surface area contributed by atoms with Crippen molar-refractivity contribution >= 4 is 0 Å². The second-order valence-electron chi connectivity index (χ2n) is 3.99. The summed E-state index contributed by atoms with van der Waals surface area (Å²) in [5.74, 6) is 0. The summed E-state index contributed by atoms with van der Waals surface area (Å²) >= 11 is 0. The third-order valence-corrected chi connectivity index (χ3v) is 3.05. The summed E-state index contributed by atoms with van der Waals surface area (Å²) < 4.78 is 0. The lowest BCUT2D eigenvalue weighted by Crippen LogP contribution is -2.25. The summed E-state index contributed by atoms with van der Waals surface area (Å²) in [7, 11) is 0. The van der Waals surface area contributed by atoms with E-state index in [2.05, 4.69) is 48.6 Å². The highest BCUT2D eigenvalue weighted by Gasteiger charge is 2.28. The van der Waals surface area contributed by atoms with Crippen LogP contribution in [-0.2, 0) is 5.41 Å². The molecule has 0 fully saturated rings. The van der Waals surface area contributed by atoms with Crippen molar-refractivity contribution in [3.63, 3.8) is 0 Å². The largest absolute Gasteiger partial charge is 0.396 e. The molecule has 1 aromatic carbocycles. The standard InChI is InChI=1S/C14H16O/c15-12-11-14(9-5-2-6-10-14)13-7-3-1-4-8-13/h1-9,15H,10-12H2/t14-/m1/s1. The molecular weight excluding hydrogens is 184 g/mol. The van der Waals surface area contributed by atoms with Crippen LogP contribution in [0.15, 0.2) is 54.6 Å². The van der Waals surface area contributed by atoms with Gasteiger partial charge in [0.2, 0.25) is 0 Å². The maximum Gasteiger partial charge on any atom is 0.0442 e. The maximum absolute atomic E-state index is 9.19. The summed E-state index contributed by atoms with van der Waals surface area (Å²) in [6.45, 7) is 0.229. The first-order valence-corrected chi connectivity index (χ1v) is 5.38. The molecule has 0 heterocycles. The molecule has 0 radical (unpaired) electrons. The lowest BCUT2D eigenvalue weighted by molar-refractivity contribution is 0.255. The predicted octanol–water partition coefficient (Wildman–Crippen LogP) is 2.82. The molecule has 0 unspecified atom stereocenters. The fourth-order valence-corrected chi connectivity index (χ4v) is 2.18. The number of allylic oxidation sites excluding steroid dienone is 4. The molecule has 0 aromatic heterocycles. The lowest BCUT2D eigenvalue weighted by Gasteiger charge is -2.31. The molecule has 78 valence electrons. The van der Waals surface area contributed by atoms with Crippen LogP contribution in [0.1, 0.15) is 18.4 Å². The zero-order valence-electron chi connectivity index (χ0n) is 8.76.